The van der Waals surface area contributed by atoms with Crippen molar-refractivity contribution in [2.24, 2.45) is 0 Å². The van der Waals surface area contributed by atoms with Crippen molar-refractivity contribution in [3.05, 3.63) is 11.6 Å². The molecule has 0 saturated heterocycles. The first-order chi connectivity index (χ1) is 4.70. The van der Waals surface area contributed by atoms with E-state index in [-0.39, 0.29) is 0 Å². The largest absolute Gasteiger partial charge is 0.463 e. The summed E-state index contributed by atoms with van der Waals surface area (Å²) in [6.45, 7) is 3.61. The number of carbonyl (C=O) groups is 1. The summed E-state index contributed by atoms with van der Waals surface area (Å²) in [7, 11) is 0. The Kier molecular flexibility index (Phi) is 3.97. The predicted octanol–water partition coefficient (Wildman–Crippen LogP) is 1.02. The number of hydrogen-bond acceptors (Lipinski definition) is 3. The fourth-order valence-electron chi connectivity index (χ4n) is 0.393. The van der Waals surface area contributed by atoms with Crippen LogP contribution in [-0.4, -0.2) is 12.6 Å². The molecule has 0 heterocycles. The summed E-state index contributed by atoms with van der Waals surface area (Å²) in [5.74, 6) is -0.457. The lowest BCUT2D eigenvalue weighted by Gasteiger charge is -1.93. The lowest BCUT2D eigenvalue weighted by molar-refractivity contribution is -0.137. The third kappa shape index (κ3) is 3.67. The molecule has 0 aromatic heterocycles. The van der Waals surface area contributed by atoms with Crippen LogP contribution in [0.1, 0.15) is 13.8 Å². The Balaban J connectivity index is 3.90. The second-order valence-corrected chi connectivity index (χ2v) is 1.69. The molecule has 3 heteroatoms. The summed E-state index contributed by atoms with van der Waals surface area (Å²) < 4.78 is 4.55. The Hall–Kier alpha value is -1.30. The van der Waals surface area contributed by atoms with Crippen LogP contribution in [0.2, 0.25) is 0 Å². The molecule has 0 aliphatic carbocycles. The van der Waals surface area contributed by atoms with Crippen molar-refractivity contribution in [2.75, 3.05) is 6.61 Å². The number of nitrogens with zero attached hydrogens (tertiary/aromatic N) is 1. The van der Waals surface area contributed by atoms with E-state index in [0.717, 1.165) is 0 Å². The number of allylic oxidation sites excluding steroid dienone is 1. The SMILES string of the molecule is CCOC(=O)/C=C(\C)C#N. The van der Waals surface area contributed by atoms with E-state index in [2.05, 4.69) is 4.74 Å². The fourth-order valence-corrected chi connectivity index (χ4v) is 0.393. The summed E-state index contributed by atoms with van der Waals surface area (Å²) in [5, 5.41) is 8.23. The van der Waals surface area contributed by atoms with Crippen molar-refractivity contribution < 1.29 is 9.53 Å². The highest BCUT2D eigenvalue weighted by Crippen LogP contribution is 1.89. The molecule has 0 atom stereocenters. The van der Waals surface area contributed by atoms with Gasteiger partial charge in [-0.1, -0.05) is 0 Å². The van der Waals surface area contributed by atoms with E-state index in [1.165, 1.54) is 6.08 Å². The maximum atomic E-state index is 10.6. The average Bonchev–Trinajstić information content (AvgIpc) is 1.88. The molecule has 0 fully saturated rings. The number of esters is 1. The minimum absolute atomic E-state index is 0.341. The van der Waals surface area contributed by atoms with Crippen molar-refractivity contribution in [1.82, 2.24) is 0 Å². The Labute approximate surface area is 59.9 Å². The molecule has 10 heavy (non-hydrogen) atoms. The van der Waals surface area contributed by atoms with Crippen LogP contribution in [0.4, 0.5) is 0 Å². The Morgan fingerprint density at radius 3 is 2.80 bits per heavy atom. The van der Waals surface area contributed by atoms with Gasteiger partial charge in [-0.05, 0) is 13.8 Å². The first kappa shape index (κ1) is 8.70. The monoisotopic (exact) mass is 139 g/mol. The van der Waals surface area contributed by atoms with Crippen molar-refractivity contribution in [3.8, 4) is 6.07 Å². The summed E-state index contributed by atoms with van der Waals surface area (Å²) in [6.07, 6.45) is 1.17. The zero-order chi connectivity index (χ0) is 7.98. The van der Waals surface area contributed by atoms with Gasteiger partial charge in [0, 0.05) is 11.6 Å². The highest BCUT2D eigenvalue weighted by atomic mass is 16.5. The van der Waals surface area contributed by atoms with Crippen LogP contribution in [0.5, 0.6) is 0 Å². The highest BCUT2D eigenvalue weighted by molar-refractivity contribution is 5.83. The summed E-state index contributed by atoms with van der Waals surface area (Å²) in [6, 6.07) is 1.81. The third-order valence-electron chi connectivity index (χ3n) is 0.797. The van der Waals surface area contributed by atoms with Crippen molar-refractivity contribution >= 4 is 5.97 Å². The van der Waals surface area contributed by atoms with Crippen LogP contribution in [0.25, 0.3) is 0 Å². The number of carbonyl (C=O) groups excluding carboxylic acids is 1. The molecule has 0 saturated carbocycles. The van der Waals surface area contributed by atoms with Gasteiger partial charge in [0.25, 0.3) is 0 Å². The van der Waals surface area contributed by atoms with E-state index in [0.29, 0.717) is 12.2 Å². The molecule has 0 aromatic rings. The van der Waals surface area contributed by atoms with Crippen LogP contribution < -0.4 is 0 Å². The number of ether oxygens (including phenoxy) is 1. The molecule has 0 spiro atoms. The van der Waals surface area contributed by atoms with Crippen molar-refractivity contribution in [3.63, 3.8) is 0 Å². The first-order valence-electron chi connectivity index (χ1n) is 2.95. The lowest BCUT2D eigenvalue weighted by atomic mass is 10.3. The maximum Gasteiger partial charge on any atom is 0.331 e. The molecule has 0 amide bonds. The topological polar surface area (TPSA) is 50.1 Å². The standard InChI is InChI=1S/C7H9NO2/c1-3-10-7(9)4-6(2)5-8/h4H,3H2,1-2H3/b6-4+. The minimum atomic E-state index is -0.457. The van der Waals surface area contributed by atoms with Gasteiger partial charge in [0.2, 0.25) is 0 Å². The third-order valence-corrected chi connectivity index (χ3v) is 0.797. The first-order valence-corrected chi connectivity index (χ1v) is 2.95. The van der Waals surface area contributed by atoms with Gasteiger partial charge in [-0.15, -0.1) is 0 Å². The summed E-state index contributed by atoms with van der Waals surface area (Å²) in [5.41, 5.74) is 0.360. The quantitative estimate of drug-likeness (QED) is 0.326. The Morgan fingerprint density at radius 2 is 2.40 bits per heavy atom. The molecule has 54 valence electrons. The Bertz CT molecular complexity index is 188. The van der Waals surface area contributed by atoms with Gasteiger partial charge < -0.3 is 4.74 Å². The summed E-state index contributed by atoms with van der Waals surface area (Å²) >= 11 is 0. The van der Waals surface area contributed by atoms with Crippen LogP contribution in [0.3, 0.4) is 0 Å². The van der Waals surface area contributed by atoms with Crippen LogP contribution >= 0.6 is 0 Å². The second-order valence-electron chi connectivity index (χ2n) is 1.69. The summed E-state index contributed by atoms with van der Waals surface area (Å²) in [4.78, 5) is 10.6. The van der Waals surface area contributed by atoms with Gasteiger partial charge in [-0.2, -0.15) is 5.26 Å². The zero-order valence-corrected chi connectivity index (χ0v) is 6.05. The molecule has 0 unspecified atom stereocenters. The number of hydrogen-bond donors (Lipinski definition) is 0. The van der Waals surface area contributed by atoms with Gasteiger partial charge >= 0.3 is 5.97 Å². The van der Waals surface area contributed by atoms with Gasteiger partial charge in [0.1, 0.15) is 0 Å². The number of nitriles is 1. The highest BCUT2D eigenvalue weighted by Gasteiger charge is 1.95. The van der Waals surface area contributed by atoms with E-state index < -0.39 is 5.97 Å². The molecular formula is C7H9NO2. The van der Waals surface area contributed by atoms with E-state index in [1.807, 2.05) is 6.07 Å². The van der Waals surface area contributed by atoms with Crippen molar-refractivity contribution in [2.45, 2.75) is 13.8 Å². The van der Waals surface area contributed by atoms with E-state index in [4.69, 9.17) is 5.26 Å². The maximum absolute atomic E-state index is 10.6. The smallest absolute Gasteiger partial charge is 0.331 e. The molecule has 0 bridgehead atoms. The second kappa shape index (κ2) is 4.57. The molecule has 0 aliphatic heterocycles. The van der Waals surface area contributed by atoms with Crippen LogP contribution in [0, 0.1) is 11.3 Å². The predicted molar refractivity (Wildman–Crippen MR) is 36.0 cm³/mol. The normalized spacial score (nSPS) is 10.3. The van der Waals surface area contributed by atoms with E-state index in [9.17, 15) is 4.79 Å². The molecule has 0 rings (SSSR count). The van der Waals surface area contributed by atoms with Gasteiger partial charge in [0.05, 0.1) is 12.7 Å². The molecular weight excluding hydrogens is 130 g/mol. The zero-order valence-electron chi connectivity index (χ0n) is 6.05. The van der Waals surface area contributed by atoms with Crippen molar-refractivity contribution in [1.29, 1.82) is 5.26 Å². The van der Waals surface area contributed by atoms with E-state index >= 15 is 0 Å². The molecule has 0 radical (unpaired) electrons. The molecule has 3 nitrogen and oxygen atoms in total. The van der Waals surface area contributed by atoms with Crippen LogP contribution in [-0.2, 0) is 9.53 Å². The molecule has 0 aliphatic rings. The Morgan fingerprint density at radius 1 is 1.80 bits per heavy atom. The van der Waals surface area contributed by atoms with Gasteiger partial charge in [-0.3, -0.25) is 0 Å². The van der Waals surface area contributed by atoms with E-state index in [1.54, 1.807) is 13.8 Å². The van der Waals surface area contributed by atoms with Gasteiger partial charge in [0.15, 0.2) is 0 Å². The lowest BCUT2D eigenvalue weighted by Crippen LogP contribution is -1.99. The molecule has 0 N–H and O–H groups in total. The van der Waals surface area contributed by atoms with Gasteiger partial charge in [-0.25, -0.2) is 4.79 Å². The number of rotatable bonds is 2. The van der Waals surface area contributed by atoms with Crippen LogP contribution in [0.15, 0.2) is 11.6 Å². The molecule has 0 aromatic carbocycles. The average molecular weight is 139 g/mol. The fraction of sp³-hybridized carbons (Fsp3) is 0.429. The minimum Gasteiger partial charge on any atom is -0.463 e.